The van der Waals surface area contributed by atoms with E-state index in [4.69, 9.17) is 0 Å². The van der Waals surface area contributed by atoms with Crippen LogP contribution in [-0.2, 0) is 30.3 Å². The fraction of sp³-hybridized carbons (Fsp3) is 0.0588. The molecule has 0 unspecified atom stereocenters. The molecule has 3 N–H and O–H groups in total. The fourth-order valence-electron chi connectivity index (χ4n) is 2.67. The Morgan fingerprint density at radius 2 is 1.34 bits per heavy atom. The van der Waals surface area contributed by atoms with Gasteiger partial charge in [-0.3, -0.25) is 13.8 Å². The summed E-state index contributed by atoms with van der Waals surface area (Å²) >= 11 is 0. The molecule has 0 atom stereocenters. The average molecular weight is 458 g/mol. The van der Waals surface area contributed by atoms with Crippen molar-refractivity contribution >= 4 is 46.7 Å². The SMILES string of the molecule is Cc1ccc(S(=O)(=O)Nc2ccc3c(S(=O)(=O)O)cc(S(=O)(=O)O)cc3c2)cc1. The van der Waals surface area contributed by atoms with Crippen molar-refractivity contribution < 1.29 is 34.4 Å². The van der Waals surface area contributed by atoms with Gasteiger partial charge in [0.1, 0.15) is 4.90 Å². The van der Waals surface area contributed by atoms with E-state index in [-0.39, 0.29) is 21.4 Å². The number of nitrogens with one attached hydrogen (secondary N) is 1. The molecule has 9 nitrogen and oxygen atoms in total. The Morgan fingerprint density at radius 3 is 1.90 bits per heavy atom. The summed E-state index contributed by atoms with van der Waals surface area (Å²) < 4.78 is 92.1. The lowest BCUT2D eigenvalue weighted by Gasteiger charge is -2.11. The Hall–Kier alpha value is -2.51. The molecule has 0 heterocycles. The number of sulfonamides is 1. The van der Waals surface area contributed by atoms with Crippen molar-refractivity contribution in [2.24, 2.45) is 0 Å². The summed E-state index contributed by atoms with van der Waals surface area (Å²) in [7, 11) is -13.6. The fourth-order valence-corrected chi connectivity index (χ4v) is 5.07. The number of hydrogen-bond donors (Lipinski definition) is 3. The molecule has 3 aromatic rings. The molecule has 12 heteroatoms. The summed E-state index contributed by atoms with van der Waals surface area (Å²) in [6, 6.07) is 11.3. The highest BCUT2D eigenvalue weighted by Gasteiger charge is 2.21. The minimum atomic E-state index is -4.82. The van der Waals surface area contributed by atoms with Crippen molar-refractivity contribution in [3.63, 3.8) is 0 Å². The van der Waals surface area contributed by atoms with Crippen LogP contribution in [0.2, 0.25) is 0 Å². The van der Waals surface area contributed by atoms with Crippen molar-refractivity contribution in [1.82, 2.24) is 0 Å². The number of anilines is 1. The molecule has 0 aliphatic heterocycles. The van der Waals surface area contributed by atoms with Crippen LogP contribution >= 0.6 is 0 Å². The van der Waals surface area contributed by atoms with Gasteiger partial charge in [0.25, 0.3) is 30.3 Å². The van der Waals surface area contributed by atoms with E-state index >= 15 is 0 Å². The van der Waals surface area contributed by atoms with E-state index < -0.39 is 40.1 Å². The van der Waals surface area contributed by atoms with E-state index in [1.807, 2.05) is 0 Å². The minimum absolute atomic E-state index is 0.00601. The molecule has 0 fully saturated rings. The first kappa shape index (κ1) is 21.2. The number of rotatable bonds is 5. The van der Waals surface area contributed by atoms with E-state index in [9.17, 15) is 34.4 Å². The summed E-state index contributed by atoms with van der Waals surface area (Å²) in [5.74, 6) is 0. The van der Waals surface area contributed by atoms with Crippen LogP contribution in [-0.4, -0.2) is 34.4 Å². The second kappa shape index (κ2) is 7.07. The Bertz CT molecular complexity index is 1430. The van der Waals surface area contributed by atoms with Crippen LogP contribution in [0, 0.1) is 6.92 Å². The average Bonchev–Trinajstić information content (AvgIpc) is 2.59. The van der Waals surface area contributed by atoms with Crippen LogP contribution in [0.15, 0.2) is 69.3 Å². The highest BCUT2D eigenvalue weighted by molar-refractivity contribution is 7.92. The number of benzene rings is 3. The van der Waals surface area contributed by atoms with Gasteiger partial charge < -0.3 is 0 Å². The molecular formula is C17H15NO8S3. The van der Waals surface area contributed by atoms with E-state index in [0.29, 0.717) is 6.07 Å². The van der Waals surface area contributed by atoms with Gasteiger partial charge in [0.05, 0.1) is 9.79 Å². The maximum absolute atomic E-state index is 12.5. The molecule has 3 rings (SSSR count). The van der Waals surface area contributed by atoms with Gasteiger partial charge in [-0.05, 0) is 48.7 Å². The maximum Gasteiger partial charge on any atom is 0.295 e. The third kappa shape index (κ3) is 4.57. The summed E-state index contributed by atoms with van der Waals surface area (Å²) in [5.41, 5.74) is 0.886. The van der Waals surface area contributed by atoms with Crippen molar-refractivity contribution in [3.05, 3.63) is 60.2 Å². The van der Waals surface area contributed by atoms with Gasteiger partial charge >= 0.3 is 0 Å². The summed E-state index contributed by atoms with van der Waals surface area (Å²) in [6.07, 6.45) is 0. The predicted molar refractivity (Wildman–Crippen MR) is 106 cm³/mol. The van der Waals surface area contributed by atoms with Crippen LogP contribution < -0.4 is 4.72 Å². The standard InChI is InChI=1S/C17H15NO8S3/c1-11-2-5-14(6-3-11)27(19,20)18-13-4-7-16-12(8-13)9-15(28(21,22)23)10-17(16)29(24,25)26/h2-10,18H,1H3,(H,21,22,23)(H,24,25,26). The van der Waals surface area contributed by atoms with Crippen molar-refractivity contribution in [2.75, 3.05) is 4.72 Å². The first-order valence-corrected chi connectivity index (χ1v) is 12.3. The first-order chi connectivity index (χ1) is 13.3. The van der Waals surface area contributed by atoms with Gasteiger partial charge in [-0.15, -0.1) is 0 Å². The molecule has 0 radical (unpaired) electrons. The van der Waals surface area contributed by atoms with Crippen molar-refractivity contribution in [1.29, 1.82) is 0 Å². The molecule has 0 bridgehead atoms. The monoisotopic (exact) mass is 457 g/mol. The van der Waals surface area contributed by atoms with Crippen LogP contribution in [0.25, 0.3) is 10.8 Å². The van der Waals surface area contributed by atoms with E-state index in [2.05, 4.69) is 4.72 Å². The van der Waals surface area contributed by atoms with Gasteiger partial charge in [-0.2, -0.15) is 16.8 Å². The third-order valence-electron chi connectivity index (χ3n) is 4.05. The second-order valence-corrected chi connectivity index (χ2v) is 10.7. The van der Waals surface area contributed by atoms with Gasteiger partial charge in [0, 0.05) is 11.1 Å². The summed E-state index contributed by atoms with van der Waals surface area (Å²) in [5, 5.41) is -0.0879. The molecule has 3 aromatic carbocycles. The van der Waals surface area contributed by atoms with E-state index in [0.717, 1.165) is 11.6 Å². The number of aryl methyl sites for hydroxylation is 1. The number of fused-ring (bicyclic) bond motifs is 1. The van der Waals surface area contributed by atoms with Crippen LogP contribution in [0.1, 0.15) is 5.56 Å². The van der Waals surface area contributed by atoms with Crippen molar-refractivity contribution in [3.8, 4) is 0 Å². The third-order valence-corrected chi connectivity index (χ3v) is 7.17. The quantitative estimate of drug-likeness (QED) is 0.493. The van der Waals surface area contributed by atoms with Crippen molar-refractivity contribution in [2.45, 2.75) is 21.6 Å². The largest absolute Gasteiger partial charge is 0.295 e. The summed E-state index contributed by atoms with van der Waals surface area (Å²) in [6.45, 7) is 1.80. The molecule has 0 spiro atoms. The molecule has 0 aliphatic carbocycles. The Balaban J connectivity index is 2.16. The molecule has 0 aromatic heterocycles. The van der Waals surface area contributed by atoms with E-state index in [1.54, 1.807) is 19.1 Å². The van der Waals surface area contributed by atoms with Crippen LogP contribution in [0.3, 0.4) is 0 Å². The highest BCUT2D eigenvalue weighted by Crippen LogP contribution is 2.30. The lowest BCUT2D eigenvalue weighted by atomic mass is 10.1. The smallest absolute Gasteiger partial charge is 0.282 e. The lowest BCUT2D eigenvalue weighted by Crippen LogP contribution is -2.13. The van der Waals surface area contributed by atoms with Crippen LogP contribution in [0.5, 0.6) is 0 Å². The summed E-state index contributed by atoms with van der Waals surface area (Å²) in [4.78, 5) is -1.51. The maximum atomic E-state index is 12.5. The Morgan fingerprint density at radius 1 is 0.724 bits per heavy atom. The zero-order chi connectivity index (χ0) is 21.6. The minimum Gasteiger partial charge on any atom is -0.282 e. The van der Waals surface area contributed by atoms with Gasteiger partial charge in [-0.1, -0.05) is 23.8 Å². The molecule has 154 valence electrons. The molecule has 0 aliphatic rings. The highest BCUT2D eigenvalue weighted by atomic mass is 32.2. The Labute approximate surface area is 167 Å². The van der Waals surface area contributed by atoms with Gasteiger partial charge in [0.2, 0.25) is 0 Å². The van der Waals surface area contributed by atoms with Gasteiger partial charge in [0.15, 0.2) is 0 Å². The predicted octanol–water partition coefficient (Wildman–Crippen LogP) is 2.44. The molecule has 0 amide bonds. The molecule has 0 saturated carbocycles. The topological polar surface area (TPSA) is 155 Å². The number of hydrogen-bond acceptors (Lipinski definition) is 6. The zero-order valence-corrected chi connectivity index (χ0v) is 17.2. The normalized spacial score (nSPS) is 12.8. The zero-order valence-electron chi connectivity index (χ0n) is 14.8. The van der Waals surface area contributed by atoms with Gasteiger partial charge in [-0.25, -0.2) is 8.42 Å². The second-order valence-electron chi connectivity index (χ2n) is 6.23. The molecular weight excluding hydrogens is 442 g/mol. The Kier molecular flexibility index (Phi) is 5.17. The van der Waals surface area contributed by atoms with E-state index in [1.165, 1.54) is 30.3 Å². The molecule has 0 saturated heterocycles. The lowest BCUT2D eigenvalue weighted by molar-refractivity contribution is 0.482. The first-order valence-electron chi connectivity index (χ1n) is 7.90. The van der Waals surface area contributed by atoms with Crippen LogP contribution in [0.4, 0.5) is 5.69 Å². The molecule has 29 heavy (non-hydrogen) atoms.